The zero-order valence-corrected chi connectivity index (χ0v) is 10.9. The molecule has 0 spiro atoms. The molecule has 1 saturated carbocycles. The number of hydrogen-bond donors (Lipinski definition) is 0. The van der Waals surface area contributed by atoms with E-state index in [0.717, 1.165) is 29.6 Å². The van der Waals surface area contributed by atoms with Crippen LogP contribution in [-0.4, -0.2) is 18.9 Å². The van der Waals surface area contributed by atoms with Crippen LogP contribution in [0, 0.1) is 12.8 Å². The minimum absolute atomic E-state index is 0.622. The SMILES string of the molecule is Cc1ccc(N(CC(C)C)C2CC2)c(C=O)c1. The summed E-state index contributed by atoms with van der Waals surface area (Å²) < 4.78 is 0. The second kappa shape index (κ2) is 4.91. The Morgan fingerprint density at radius 1 is 1.41 bits per heavy atom. The lowest BCUT2D eigenvalue weighted by molar-refractivity contribution is 0.112. The molecule has 92 valence electrons. The summed E-state index contributed by atoms with van der Waals surface area (Å²) in [5.41, 5.74) is 3.09. The van der Waals surface area contributed by atoms with Crippen molar-refractivity contribution in [3.8, 4) is 0 Å². The van der Waals surface area contributed by atoms with Crippen molar-refractivity contribution < 1.29 is 4.79 Å². The van der Waals surface area contributed by atoms with Crippen molar-refractivity contribution in [3.63, 3.8) is 0 Å². The Labute approximate surface area is 104 Å². The minimum atomic E-state index is 0.622. The van der Waals surface area contributed by atoms with Gasteiger partial charge >= 0.3 is 0 Å². The lowest BCUT2D eigenvalue weighted by Crippen LogP contribution is -2.30. The van der Waals surface area contributed by atoms with Gasteiger partial charge in [0.05, 0.1) is 0 Å². The van der Waals surface area contributed by atoms with E-state index in [1.165, 1.54) is 12.8 Å². The largest absolute Gasteiger partial charge is 0.368 e. The molecule has 0 heterocycles. The van der Waals surface area contributed by atoms with Crippen LogP contribution in [0.1, 0.15) is 42.6 Å². The van der Waals surface area contributed by atoms with Crippen LogP contribution in [-0.2, 0) is 0 Å². The van der Waals surface area contributed by atoms with Gasteiger partial charge in [-0.1, -0.05) is 25.5 Å². The highest BCUT2D eigenvalue weighted by Crippen LogP contribution is 2.34. The molecular formula is C15H21NO. The molecule has 1 aliphatic carbocycles. The molecule has 2 nitrogen and oxygen atoms in total. The van der Waals surface area contributed by atoms with Gasteiger partial charge in [0.2, 0.25) is 0 Å². The summed E-state index contributed by atoms with van der Waals surface area (Å²) in [5, 5.41) is 0. The van der Waals surface area contributed by atoms with Crippen molar-refractivity contribution >= 4 is 12.0 Å². The third-order valence-corrected chi connectivity index (χ3v) is 3.17. The molecule has 0 N–H and O–H groups in total. The minimum Gasteiger partial charge on any atom is -0.368 e. The Kier molecular flexibility index (Phi) is 3.51. The fourth-order valence-electron chi connectivity index (χ4n) is 2.25. The van der Waals surface area contributed by atoms with E-state index < -0.39 is 0 Å². The standard InChI is InChI=1S/C15H21NO/c1-11(2)9-16(14-5-6-14)15-7-4-12(3)8-13(15)10-17/h4,7-8,10-11,14H,5-6,9H2,1-3H3. The first-order valence-electron chi connectivity index (χ1n) is 6.44. The van der Waals surface area contributed by atoms with Crippen LogP contribution in [0.4, 0.5) is 5.69 Å². The molecule has 0 amide bonds. The first-order valence-corrected chi connectivity index (χ1v) is 6.44. The molecular weight excluding hydrogens is 210 g/mol. The summed E-state index contributed by atoms with van der Waals surface area (Å²) in [5.74, 6) is 0.622. The van der Waals surface area contributed by atoms with E-state index in [0.29, 0.717) is 12.0 Å². The zero-order chi connectivity index (χ0) is 12.4. The highest BCUT2D eigenvalue weighted by molar-refractivity contribution is 5.85. The van der Waals surface area contributed by atoms with Gasteiger partial charge < -0.3 is 4.90 Å². The summed E-state index contributed by atoms with van der Waals surface area (Å²) in [7, 11) is 0. The zero-order valence-electron chi connectivity index (χ0n) is 10.9. The smallest absolute Gasteiger partial charge is 0.152 e. The maximum Gasteiger partial charge on any atom is 0.152 e. The maximum atomic E-state index is 11.2. The van der Waals surface area contributed by atoms with Crippen LogP contribution in [0.3, 0.4) is 0 Å². The Morgan fingerprint density at radius 2 is 2.12 bits per heavy atom. The molecule has 0 saturated heterocycles. The Balaban J connectivity index is 2.31. The molecule has 1 fully saturated rings. The normalized spacial score (nSPS) is 15.1. The third kappa shape index (κ3) is 2.87. The number of carbonyl (C=O) groups is 1. The lowest BCUT2D eigenvalue weighted by atomic mass is 10.1. The van der Waals surface area contributed by atoms with E-state index in [1.54, 1.807) is 0 Å². The lowest BCUT2D eigenvalue weighted by Gasteiger charge is -2.28. The van der Waals surface area contributed by atoms with Gasteiger partial charge in [0, 0.05) is 23.8 Å². The van der Waals surface area contributed by atoms with Gasteiger partial charge in [-0.25, -0.2) is 0 Å². The summed E-state index contributed by atoms with van der Waals surface area (Å²) in [4.78, 5) is 13.6. The number of nitrogens with zero attached hydrogens (tertiary/aromatic N) is 1. The van der Waals surface area contributed by atoms with Crippen LogP contribution in [0.2, 0.25) is 0 Å². The Bertz CT molecular complexity index is 407. The Morgan fingerprint density at radius 3 is 2.65 bits per heavy atom. The first-order chi connectivity index (χ1) is 8.11. The van der Waals surface area contributed by atoms with E-state index in [-0.39, 0.29) is 0 Å². The molecule has 2 rings (SSSR count). The number of anilines is 1. The van der Waals surface area contributed by atoms with Crippen molar-refractivity contribution in [1.29, 1.82) is 0 Å². The van der Waals surface area contributed by atoms with Crippen LogP contribution in [0.15, 0.2) is 18.2 Å². The Hall–Kier alpha value is -1.31. The second-order valence-electron chi connectivity index (χ2n) is 5.46. The quantitative estimate of drug-likeness (QED) is 0.724. The topological polar surface area (TPSA) is 20.3 Å². The predicted molar refractivity (Wildman–Crippen MR) is 71.8 cm³/mol. The van der Waals surface area contributed by atoms with Crippen LogP contribution < -0.4 is 4.90 Å². The summed E-state index contributed by atoms with van der Waals surface area (Å²) in [6, 6.07) is 6.83. The molecule has 0 unspecified atom stereocenters. The number of aryl methyl sites for hydroxylation is 1. The molecule has 0 aliphatic heterocycles. The van der Waals surface area contributed by atoms with Gasteiger partial charge in [0.15, 0.2) is 6.29 Å². The molecule has 0 bridgehead atoms. The molecule has 1 aromatic carbocycles. The summed E-state index contributed by atoms with van der Waals surface area (Å²) in [6.07, 6.45) is 3.51. The van der Waals surface area contributed by atoms with Crippen molar-refractivity contribution in [2.24, 2.45) is 5.92 Å². The number of benzene rings is 1. The molecule has 0 radical (unpaired) electrons. The molecule has 1 aromatic rings. The number of carbonyl (C=O) groups excluding carboxylic acids is 1. The number of hydrogen-bond acceptors (Lipinski definition) is 2. The fourth-order valence-corrected chi connectivity index (χ4v) is 2.25. The van der Waals surface area contributed by atoms with Gasteiger partial charge in [0.25, 0.3) is 0 Å². The molecule has 1 aliphatic rings. The molecule has 0 atom stereocenters. The number of rotatable bonds is 5. The van der Waals surface area contributed by atoms with Gasteiger partial charge in [-0.05, 0) is 37.8 Å². The molecule has 2 heteroatoms. The third-order valence-electron chi connectivity index (χ3n) is 3.17. The second-order valence-corrected chi connectivity index (χ2v) is 5.46. The highest BCUT2D eigenvalue weighted by atomic mass is 16.1. The maximum absolute atomic E-state index is 11.2. The van der Waals surface area contributed by atoms with E-state index in [4.69, 9.17) is 0 Å². The van der Waals surface area contributed by atoms with Gasteiger partial charge in [0.1, 0.15) is 0 Å². The van der Waals surface area contributed by atoms with E-state index in [1.807, 2.05) is 13.0 Å². The van der Waals surface area contributed by atoms with Crippen molar-refractivity contribution in [2.45, 2.75) is 39.7 Å². The summed E-state index contributed by atoms with van der Waals surface area (Å²) >= 11 is 0. The fraction of sp³-hybridized carbons (Fsp3) is 0.533. The van der Waals surface area contributed by atoms with Crippen molar-refractivity contribution in [2.75, 3.05) is 11.4 Å². The van der Waals surface area contributed by atoms with Crippen molar-refractivity contribution in [1.82, 2.24) is 0 Å². The average Bonchev–Trinajstić information content (AvgIpc) is 3.09. The molecule has 17 heavy (non-hydrogen) atoms. The van der Waals surface area contributed by atoms with E-state index in [2.05, 4.69) is 30.9 Å². The van der Waals surface area contributed by atoms with E-state index in [9.17, 15) is 4.79 Å². The number of aldehydes is 1. The van der Waals surface area contributed by atoms with Crippen LogP contribution in [0.5, 0.6) is 0 Å². The summed E-state index contributed by atoms with van der Waals surface area (Å²) in [6.45, 7) is 7.52. The van der Waals surface area contributed by atoms with Gasteiger partial charge in [-0.15, -0.1) is 0 Å². The highest BCUT2D eigenvalue weighted by Gasteiger charge is 2.30. The monoisotopic (exact) mass is 231 g/mol. The van der Waals surface area contributed by atoms with Crippen molar-refractivity contribution in [3.05, 3.63) is 29.3 Å². The predicted octanol–water partition coefficient (Wildman–Crippen LogP) is 3.43. The van der Waals surface area contributed by atoms with Crippen LogP contribution in [0.25, 0.3) is 0 Å². The van der Waals surface area contributed by atoms with Gasteiger partial charge in [-0.2, -0.15) is 0 Å². The molecule has 0 aromatic heterocycles. The van der Waals surface area contributed by atoms with Gasteiger partial charge in [-0.3, -0.25) is 4.79 Å². The van der Waals surface area contributed by atoms with E-state index >= 15 is 0 Å². The average molecular weight is 231 g/mol. The van der Waals surface area contributed by atoms with Crippen LogP contribution >= 0.6 is 0 Å². The first kappa shape index (κ1) is 12.2.